The second-order valence-corrected chi connectivity index (χ2v) is 14.0. The minimum atomic E-state index is 0.0846. The Bertz CT molecular complexity index is 1350. The average Bonchev–Trinajstić information content (AvgIpc) is 3.22. The van der Waals surface area contributed by atoms with Gasteiger partial charge in [0.25, 0.3) is 0 Å². The Balaban J connectivity index is 1.06. The summed E-state index contributed by atoms with van der Waals surface area (Å²) < 4.78 is 1.84. The van der Waals surface area contributed by atoms with E-state index in [9.17, 15) is 4.79 Å². The van der Waals surface area contributed by atoms with Crippen molar-refractivity contribution in [1.29, 1.82) is 0 Å². The summed E-state index contributed by atoms with van der Waals surface area (Å²) in [5.41, 5.74) is 5.06. The first kappa shape index (κ1) is 28.1. The molecule has 4 nitrogen and oxygen atoms in total. The number of hydrogen-bond acceptors (Lipinski definition) is 2. The lowest BCUT2D eigenvalue weighted by Crippen LogP contribution is -2.45. The lowest BCUT2D eigenvalue weighted by atomic mass is 9.48. The van der Waals surface area contributed by atoms with Crippen molar-refractivity contribution in [1.82, 2.24) is 15.1 Å². The molecule has 0 atom stereocenters. The van der Waals surface area contributed by atoms with Crippen LogP contribution in [0, 0.1) is 30.1 Å². The molecule has 1 amide bonds. The lowest BCUT2D eigenvalue weighted by Gasteiger charge is -2.57. The molecule has 1 heterocycles. The Morgan fingerprint density at radius 3 is 2.23 bits per heavy atom. The van der Waals surface area contributed by atoms with Gasteiger partial charge in [-0.25, -0.2) is 4.68 Å². The highest BCUT2D eigenvalue weighted by molar-refractivity contribution is 6.35. The Morgan fingerprint density at radius 2 is 1.57 bits per heavy atom. The maximum absolute atomic E-state index is 12.8. The Morgan fingerprint density at radius 1 is 0.925 bits per heavy atom. The minimum Gasteiger partial charge on any atom is -0.350 e. The Hall–Kier alpha value is -2.01. The quantitative estimate of drug-likeness (QED) is 0.236. The van der Waals surface area contributed by atoms with Gasteiger partial charge in [0.05, 0.1) is 28.6 Å². The minimum absolute atomic E-state index is 0.0846. The number of halogens is 3. The number of nitrogens with one attached hydrogen (secondary N) is 1. The smallest absolute Gasteiger partial charge is 0.220 e. The number of aromatic nitrogens is 2. The van der Waals surface area contributed by atoms with Crippen LogP contribution < -0.4 is 5.32 Å². The summed E-state index contributed by atoms with van der Waals surface area (Å²) in [7, 11) is 0. The number of hydrogen-bond donors (Lipinski definition) is 1. The highest BCUT2D eigenvalue weighted by atomic mass is 35.5. The molecule has 1 N–H and O–H groups in total. The van der Waals surface area contributed by atoms with Crippen LogP contribution in [-0.2, 0) is 11.3 Å². The number of benzene rings is 2. The normalized spacial score (nSPS) is 24.9. The van der Waals surface area contributed by atoms with Crippen LogP contribution in [-0.4, -0.2) is 15.7 Å². The van der Waals surface area contributed by atoms with Crippen molar-refractivity contribution in [3.8, 4) is 16.9 Å². The molecule has 4 saturated carbocycles. The first-order chi connectivity index (χ1) is 19.3. The number of amides is 1. The summed E-state index contributed by atoms with van der Waals surface area (Å²) in [6.45, 7) is 2.40. The largest absolute Gasteiger partial charge is 0.350 e. The standard InChI is InChI=1S/C33H38Cl3N3O/c1-21-29(38-39(30-11-10-27(35)16-28(30)36)32(21)25-6-8-26(34)9-7-25)20-37-31(40)5-3-2-4-12-33-17-22-13-23(18-33)15-24(14-22)19-33/h6-11,16,22-24H,2-5,12-15,17-20H2,1H3,(H,37,40). The maximum Gasteiger partial charge on any atom is 0.220 e. The maximum atomic E-state index is 12.8. The zero-order chi connectivity index (χ0) is 27.9. The molecule has 212 valence electrons. The van der Waals surface area contributed by atoms with E-state index in [1.54, 1.807) is 12.1 Å². The van der Waals surface area contributed by atoms with E-state index in [-0.39, 0.29) is 5.91 Å². The van der Waals surface area contributed by atoms with Crippen molar-refractivity contribution in [2.75, 3.05) is 0 Å². The first-order valence-corrected chi connectivity index (χ1v) is 16.0. The molecule has 7 rings (SSSR count). The van der Waals surface area contributed by atoms with Gasteiger partial charge in [0, 0.05) is 27.6 Å². The third-order valence-electron chi connectivity index (χ3n) is 9.71. The van der Waals surface area contributed by atoms with Gasteiger partial charge < -0.3 is 5.32 Å². The van der Waals surface area contributed by atoms with Crippen molar-refractivity contribution in [2.45, 2.75) is 84.1 Å². The molecule has 0 aliphatic heterocycles. The molecule has 2 aromatic carbocycles. The second-order valence-electron chi connectivity index (χ2n) is 12.7. The average molecular weight is 599 g/mol. The Kier molecular flexibility index (Phi) is 8.23. The first-order valence-electron chi connectivity index (χ1n) is 14.9. The monoisotopic (exact) mass is 597 g/mol. The number of carbonyl (C=O) groups excluding carboxylic acids is 1. The van der Waals surface area contributed by atoms with Crippen LogP contribution in [0.2, 0.25) is 15.1 Å². The van der Waals surface area contributed by atoms with E-state index in [1.165, 1.54) is 51.4 Å². The summed E-state index contributed by atoms with van der Waals surface area (Å²) >= 11 is 18.9. The molecule has 40 heavy (non-hydrogen) atoms. The van der Waals surface area contributed by atoms with Gasteiger partial charge in [-0.15, -0.1) is 0 Å². The lowest BCUT2D eigenvalue weighted by molar-refractivity contribution is -0.121. The molecule has 0 unspecified atom stereocenters. The zero-order valence-electron chi connectivity index (χ0n) is 23.2. The number of nitrogens with zero attached hydrogens (tertiary/aromatic N) is 2. The van der Waals surface area contributed by atoms with Crippen LogP contribution in [0.1, 0.15) is 81.9 Å². The third-order valence-corrected chi connectivity index (χ3v) is 10.5. The van der Waals surface area contributed by atoms with Crippen LogP contribution in [0.5, 0.6) is 0 Å². The molecule has 0 spiro atoms. The summed E-state index contributed by atoms with van der Waals surface area (Å²) in [5, 5.41) is 9.74. The SMILES string of the molecule is Cc1c(CNC(=O)CCCCCC23CC4CC(CC(C4)C2)C3)nn(-c2ccc(Cl)cc2Cl)c1-c1ccc(Cl)cc1. The summed E-state index contributed by atoms with van der Waals surface area (Å²) in [6, 6.07) is 13.0. The van der Waals surface area contributed by atoms with E-state index >= 15 is 0 Å². The van der Waals surface area contributed by atoms with E-state index in [0.29, 0.717) is 33.4 Å². The molecule has 0 radical (unpaired) electrons. The van der Waals surface area contributed by atoms with Gasteiger partial charge in [0.2, 0.25) is 5.91 Å². The van der Waals surface area contributed by atoms with Gasteiger partial charge in [0.1, 0.15) is 0 Å². The van der Waals surface area contributed by atoms with Crippen molar-refractivity contribution in [3.05, 3.63) is 68.8 Å². The molecule has 4 aliphatic rings. The van der Waals surface area contributed by atoms with Gasteiger partial charge in [-0.05, 0) is 112 Å². The molecule has 4 aliphatic carbocycles. The Labute approximate surface area is 252 Å². The molecular weight excluding hydrogens is 561 g/mol. The van der Waals surface area contributed by atoms with Crippen LogP contribution in [0.15, 0.2) is 42.5 Å². The third kappa shape index (κ3) is 5.96. The highest BCUT2D eigenvalue weighted by Crippen LogP contribution is 2.61. The molecule has 3 aromatic rings. The van der Waals surface area contributed by atoms with Crippen LogP contribution in [0.4, 0.5) is 0 Å². The number of carbonyl (C=O) groups is 1. The van der Waals surface area contributed by atoms with Crippen molar-refractivity contribution < 1.29 is 4.79 Å². The molecule has 0 saturated heterocycles. The van der Waals surface area contributed by atoms with E-state index in [0.717, 1.165) is 58.8 Å². The number of unbranched alkanes of at least 4 members (excludes halogenated alkanes) is 2. The van der Waals surface area contributed by atoms with E-state index < -0.39 is 0 Å². The fraction of sp³-hybridized carbons (Fsp3) is 0.515. The predicted molar refractivity (Wildman–Crippen MR) is 164 cm³/mol. The van der Waals surface area contributed by atoms with E-state index in [2.05, 4.69) is 5.32 Å². The zero-order valence-corrected chi connectivity index (χ0v) is 25.5. The fourth-order valence-corrected chi connectivity index (χ4v) is 8.93. The van der Waals surface area contributed by atoms with Crippen molar-refractivity contribution >= 4 is 40.7 Å². The van der Waals surface area contributed by atoms with E-state index in [4.69, 9.17) is 39.9 Å². The molecule has 4 bridgehead atoms. The van der Waals surface area contributed by atoms with Crippen molar-refractivity contribution in [2.24, 2.45) is 23.2 Å². The highest BCUT2D eigenvalue weighted by Gasteiger charge is 2.50. The molecule has 1 aromatic heterocycles. The van der Waals surface area contributed by atoms with Gasteiger partial charge in [0.15, 0.2) is 0 Å². The van der Waals surface area contributed by atoms with Crippen LogP contribution in [0.25, 0.3) is 16.9 Å². The molecule has 7 heteroatoms. The van der Waals surface area contributed by atoms with Gasteiger partial charge in [-0.3, -0.25) is 4.79 Å². The summed E-state index contributed by atoms with van der Waals surface area (Å²) in [4.78, 5) is 12.8. The summed E-state index contributed by atoms with van der Waals surface area (Å²) in [5.74, 6) is 3.13. The van der Waals surface area contributed by atoms with E-state index in [1.807, 2.05) is 41.9 Å². The molecular formula is C33H38Cl3N3O. The van der Waals surface area contributed by atoms with Crippen LogP contribution in [0.3, 0.4) is 0 Å². The molecule has 4 fully saturated rings. The van der Waals surface area contributed by atoms with Crippen molar-refractivity contribution in [3.63, 3.8) is 0 Å². The van der Waals surface area contributed by atoms with Gasteiger partial charge in [-0.2, -0.15) is 5.10 Å². The topological polar surface area (TPSA) is 46.9 Å². The van der Waals surface area contributed by atoms with Gasteiger partial charge >= 0.3 is 0 Å². The fourth-order valence-electron chi connectivity index (χ4n) is 8.31. The number of rotatable bonds is 10. The second kappa shape index (κ2) is 11.7. The van der Waals surface area contributed by atoms with Gasteiger partial charge in [-0.1, -0.05) is 59.8 Å². The predicted octanol–water partition coefficient (Wildman–Crippen LogP) is 9.59. The van der Waals surface area contributed by atoms with Crippen LogP contribution >= 0.6 is 34.8 Å². The summed E-state index contributed by atoms with van der Waals surface area (Å²) in [6.07, 6.45) is 14.2.